The number of nitrogens with one attached hydrogen (secondary N) is 1. The Labute approximate surface area is 266 Å². The molecular weight excluding hydrogens is 565 g/mol. The van der Waals surface area contributed by atoms with Crippen LogP contribution in [0.3, 0.4) is 0 Å². The zero-order chi connectivity index (χ0) is 31.6. The van der Waals surface area contributed by atoms with Gasteiger partial charge in [0.25, 0.3) is 0 Å². The molecule has 0 unspecified atom stereocenters. The van der Waals surface area contributed by atoms with Gasteiger partial charge in [-0.3, -0.25) is 14.4 Å². The molecule has 1 aliphatic rings. The highest BCUT2D eigenvalue weighted by atomic mass is 16.5. The van der Waals surface area contributed by atoms with Gasteiger partial charge < -0.3 is 25.0 Å². The molecule has 1 amide bonds. The number of para-hydroxylation sites is 1. The topological polar surface area (TPSA) is 103 Å². The second-order valence-electron chi connectivity index (χ2n) is 12.0. The van der Waals surface area contributed by atoms with Crippen LogP contribution in [0, 0.1) is 5.92 Å². The van der Waals surface area contributed by atoms with E-state index in [1.807, 2.05) is 74.5 Å². The van der Waals surface area contributed by atoms with Crippen LogP contribution < -0.4 is 15.0 Å². The van der Waals surface area contributed by atoms with Crippen LogP contribution >= 0.6 is 0 Å². The average molecular weight is 610 g/mol. The van der Waals surface area contributed by atoms with Gasteiger partial charge in [0.1, 0.15) is 12.3 Å². The summed E-state index contributed by atoms with van der Waals surface area (Å²) in [7, 11) is -1.63. The van der Waals surface area contributed by atoms with Gasteiger partial charge in [0.05, 0.1) is 23.9 Å². The Hall–Kier alpha value is -4.12. The second-order valence-corrected chi connectivity index (χ2v) is 12.0. The summed E-state index contributed by atoms with van der Waals surface area (Å²) in [6.07, 6.45) is 1.40. The Balaban J connectivity index is 1.19. The van der Waals surface area contributed by atoms with Crippen LogP contribution in [0.5, 0.6) is 5.75 Å². The first kappa shape index (κ1) is 32.3. The fourth-order valence-electron chi connectivity index (χ4n) is 5.76. The van der Waals surface area contributed by atoms with Crippen LogP contribution in [0.1, 0.15) is 26.7 Å². The SMILES string of the molecule is CC(C)C[C@H](NC(=O)Cn1nc(-c2cccc(OCCCN3CCN(c4ccccc4)CC3)c2)cc1-c1ccccc1)B(O)O. The van der Waals surface area contributed by atoms with E-state index >= 15 is 0 Å². The van der Waals surface area contributed by atoms with Crippen LogP contribution in [0.25, 0.3) is 22.5 Å². The van der Waals surface area contributed by atoms with Crippen molar-refractivity contribution in [3.05, 3.63) is 91.0 Å². The van der Waals surface area contributed by atoms with Crippen molar-refractivity contribution in [1.82, 2.24) is 20.0 Å². The van der Waals surface area contributed by atoms with E-state index in [0.717, 1.165) is 67.4 Å². The summed E-state index contributed by atoms with van der Waals surface area (Å²) in [5.41, 5.74) is 4.64. The fourth-order valence-corrected chi connectivity index (χ4v) is 5.76. The molecule has 1 fully saturated rings. The lowest BCUT2D eigenvalue weighted by Crippen LogP contribution is -2.48. The van der Waals surface area contributed by atoms with Crippen molar-refractivity contribution >= 4 is 18.7 Å². The molecule has 10 heteroatoms. The number of anilines is 1. The molecule has 9 nitrogen and oxygen atoms in total. The Bertz CT molecular complexity index is 1490. The first-order valence-corrected chi connectivity index (χ1v) is 15.9. The minimum Gasteiger partial charge on any atom is -0.494 e. The maximum atomic E-state index is 13.0. The molecule has 0 saturated carbocycles. The summed E-state index contributed by atoms with van der Waals surface area (Å²) in [6.45, 7) is 9.69. The molecular formula is C35H44BN5O4. The third-order valence-corrected chi connectivity index (χ3v) is 8.09. The molecule has 45 heavy (non-hydrogen) atoms. The molecule has 1 atom stereocenters. The highest BCUT2D eigenvalue weighted by Crippen LogP contribution is 2.28. The molecule has 3 N–H and O–H groups in total. The molecule has 1 saturated heterocycles. The van der Waals surface area contributed by atoms with Gasteiger partial charge in [0, 0.05) is 44.0 Å². The zero-order valence-electron chi connectivity index (χ0n) is 26.3. The van der Waals surface area contributed by atoms with Crippen LogP contribution in [0.15, 0.2) is 91.0 Å². The molecule has 0 spiro atoms. The number of carbonyl (C=O) groups is 1. The fraction of sp³-hybridized carbons (Fsp3) is 0.371. The first-order chi connectivity index (χ1) is 21.9. The average Bonchev–Trinajstić information content (AvgIpc) is 3.47. The van der Waals surface area contributed by atoms with E-state index < -0.39 is 13.1 Å². The van der Waals surface area contributed by atoms with Gasteiger partial charge in [0.2, 0.25) is 5.91 Å². The van der Waals surface area contributed by atoms with Crippen LogP contribution in [0.4, 0.5) is 5.69 Å². The number of nitrogens with zero attached hydrogens (tertiary/aromatic N) is 4. The molecule has 0 aliphatic carbocycles. The van der Waals surface area contributed by atoms with Crippen molar-refractivity contribution in [2.45, 2.75) is 39.2 Å². The van der Waals surface area contributed by atoms with E-state index in [1.54, 1.807) is 4.68 Å². The van der Waals surface area contributed by atoms with Crippen LogP contribution in [-0.4, -0.2) is 83.0 Å². The van der Waals surface area contributed by atoms with E-state index in [4.69, 9.17) is 9.84 Å². The van der Waals surface area contributed by atoms with Crippen LogP contribution in [-0.2, 0) is 11.3 Å². The lowest BCUT2D eigenvalue weighted by Gasteiger charge is -2.36. The van der Waals surface area contributed by atoms with E-state index in [9.17, 15) is 14.8 Å². The third kappa shape index (κ3) is 9.20. The van der Waals surface area contributed by atoms with E-state index in [2.05, 4.69) is 45.4 Å². The van der Waals surface area contributed by atoms with Gasteiger partial charge in [-0.25, -0.2) is 0 Å². The second kappa shape index (κ2) is 15.7. The zero-order valence-corrected chi connectivity index (χ0v) is 26.3. The highest BCUT2D eigenvalue weighted by molar-refractivity contribution is 6.43. The minimum absolute atomic E-state index is 0.0542. The molecule has 1 aromatic heterocycles. The Morgan fingerprint density at radius 3 is 2.29 bits per heavy atom. The summed E-state index contributed by atoms with van der Waals surface area (Å²) in [6, 6.07) is 30.3. The molecule has 5 rings (SSSR count). The summed E-state index contributed by atoms with van der Waals surface area (Å²) in [5, 5.41) is 27.1. The summed E-state index contributed by atoms with van der Waals surface area (Å²) >= 11 is 0. The smallest absolute Gasteiger partial charge is 0.475 e. The molecule has 2 heterocycles. The van der Waals surface area contributed by atoms with E-state index in [-0.39, 0.29) is 18.4 Å². The maximum absolute atomic E-state index is 13.0. The van der Waals surface area contributed by atoms with Crippen molar-refractivity contribution < 1.29 is 19.6 Å². The number of amides is 1. The van der Waals surface area contributed by atoms with Crippen molar-refractivity contribution in [3.63, 3.8) is 0 Å². The summed E-state index contributed by atoms with van der Waals surface area (Å²) in [4.78, 5) is 18.0. The minimum atomic E-state index is -1.63. The first-order valence-electron chi connectivity index (χ1n) is 15.9. The summed E-state index contributed by atoms with van der Waals surface area (Å²) < 4.78 is 7.82. The van der Waals surface area contributed by atoms with Gasteiger partial charge in [0.15, 0.2) is 0 Å². The maximum Gasteiger partial charge on any atom is 0.475 e. The lowest BCUT2D eigenvalue weighted by molar-refractivity contribution is -0.122. The molecule has 236 valence electrons. The van der Waals surface area contributed by atoms with E-state index in [0.29, 0.717) is 13.0 Å². The molecule has 3 aromatic carbocycles. The Morgan fingerprint density at radius 1 is 0.911 bits per heavy atom. The quantitative estimate of drug-likeness (QED) is 0.144. The van der Waals surface area contributed by atoms with Crippen molar-refractivity contribution in [2.75, 3.05) is 44.2 Å². The van der Waals surface area contributed by atoms with Crippen molar-refractivity contribution in [3.8, 4) is 28.3 Å². The van der Waals surface area contributed by atoms with Gasteiger partial charge in [-0.2, -0.15) is 5.10 Å². The highest BCUT2D eigenvalue weighted by Gasteiger charge is 2.26. The third-order valence-electron chi connectivity index (χ3n) is 8.09. The van der Waals surface area contributed by atoms with Gasteiger partial charge in [-0.1, -0.05) is 74.5 Å². The predicted molar refractivity (Wildman–Crippen MR) is 180 cm³/mol. The van der Waals surface area contributed by atoms with Gasteiger partial charge >= 0.3 is 7.12 Å². The molecule has 1 aliphatic heterocycles. The largest absolute Gasteiger partial charge is 0.494 e. The Kier molecular flexibility index (Phi) is 11.3. The van der Waals surface area contributed by atoms with Gasteiger partial charge in [-0.05, 0) is 54.7 Å². The standard InChI is InChI=1S/C35H44BN5O4/c1-27(2)23-34(36(43)44)37-35(42)26-41-33(28-11-5-3-6-12-28)25-32(38-41)29-13-9-16-31(24-29)45-22-10-17-39-18-20-40(21-19-39)30-14-7-4-8-15-30/h3-9,11-16,24-25,27,34,43-44H,10,17-23,26H2,1-2H3,(H,37,42)/t34-/m0/s1. The molecule has 4 aromatic rings. The number of aromatic nitrogens is 2. The summed E-state index contributed by atoms with van der Waals surface area (Å²) in [5.74, 6) is -0.110. The van der Waals surface area contributed by atoms with E-state index in [1.165, 1.54) is 5.69 Å². The number of carbonyl (C=O) groups excluding carboxylic acids is 1. The molecule has 0 bridgehead atoms. The number of rotatable bonds is 14. The lowest BCUT2D eigenvalue weighted by atomic mass is 9.75. The van der Waals surface area contributed by atoms with Crippen LogP contribution in [0.2, 0.25) is 0 Å². The van der Waals surface area contributed by atoms with Crippen molar-refractivity contribution in [1.29, 1.82) is 0 Å². The van der Waals surface area contributed by atoms with Gasteiger partial charge in [-0.15, -0.1) is 0 Å². The predicted octanol–water partition coefficient (Wildman–Crippen LogP) is 4.35. The Morgan fingerprint density at radius 2 is 1.60 bits per heavy atom. The number of piperazine rings is 1. The number of hydrogen-bond donors (Lipinski definition) is 3. The number of ether oxygens (including phenoxy) is 1. The number of hydrogen-bond acceptors (Lipinski definition) is 7. The van der Waals surface area contributed by atoms with Crippen molar-refractivity contribution in [2.24, 2.45) is 5.92 Å². The number of benzene rings is 3. The molecule has 0 radical (unpaired) electrons. The normalized spacial score (nSPS) is 14.4. The monoisotopic (exact) mass is 609 g/mol.